The standard InChI is InChI=1S/C13H11BrClNO3/c1-3-19-10-6-9(13(17)18-2)16-12-8(15)5-4-7(14)11(10)12/h4-6H,3H2,1-2H3. The normalized spacial score (nSPS) is 10.5. The van der Waals surface area contributed by atoms with Gasteiger partial charge in [-0.05, 0) is 35.0 Å². The summed E-state index contributed by atoms with van der Waals surface area (Å²) in [5.41, 5.74) is 0.667. The van der Waals surface area contributed by atoms with E-state index in [0.29, 0.717) is 22.9 Å². The van der Waals surface area contributed by atoms with Crippen LogP contribution in [0.15, 0.2) is 22.7 Å². The molecule has 0 fully saturated rings. The average molecular weight is 345 g/mol. The number of halogens is 2. The van der Waals surface area contributed by atoms with Crippen LogP contribution in [0.25, 0.3) is 10.9 Å². The molecule has 0 aliphatic rings. The van der Waals surface area contributed by atoms with Crippen LogP contribution in [0.1, 0.15) is 17.4 Å². The molecule has 0 unspecified atom stereocenters. The molecule has 0 N–H and O–H groups in total. The summed E-state index contributed by atoms with van der Waals surface area (Å²) in [5.74, 6) is 0.0150. The zero-order chi connectivity index (χ0) is 14.0. The second kappa shape index (κ2) is 5.75. The number of benzene rings is 1. The SMILES string of the molecule is CCOc1cc(C(=O)OC)nc2c(Cl)ccc(Br)c12. The van der Waals surface area contributed by atoms with Gasteiger partial charge in [-0.1, -0.05) is 11.6 Å². The monoisotopic (exact) mass is 343 g/mol. The Balaban J connectivity index is 2.79. The highest BCUT2D eigenvalue weighted by atomic mass is 79.9. The minimum atomic E-state index is -0.529. The number of carbonyl (C=O) groups excluding carboxylic acids is 1. The Bertz CT molecular complexity index is 645. The van der Waals surface area contributed by atoms with Crippen LogP contribution in [-0.2, 0) is 4.74 Å². The number of fused-ring (bicyclic) bond motifs is 1. The number of hydrogen-bond donors (Lipinski definition) is 0. The second-order valence-corrected chi connectivity index (χ2v) is 4.94. The third-order valence-corrected chi connectivity index (χ3v) is 3.48. The Morgan fingerprint density at radius 1 is 1.47 bits per heavy atom. The molecule has 1 aromatic carbocycles. The van der Waals surface area contributed by atoms with Gasteiger partial charge in [-0.2, -0.15) is 0 Å². The maximum absolute atomic E-state index is 11.6. The van der Waals surface area contributed by atoms with Crippen molar-refractivity contribution in [3.8, 4) is 5.75 Å². The first-order valence-corrected chi connectivity index (χ1v) is 6.75. The summed E-state index contributed by atoms with van der Waals surface area (Å²) >= 11 is 9.57. The second-order valence-electron chi connectivity index (χ2n) is 3.68. The van der Waals surface area contributed by atoms with Crippen molar-refractivity contribution in [1.82, 2.24) is 4.98 Å². The van der Waals surface area contributed by atoms with Gasteiger partial charge in [-0.15, -0.1) is 0 Å². The summed E-state index contributed by atoms with van der Waals surface area (Å²) in [4.78, 5) is 15.8. The maximum atomic E-state index is 11.6. The number of aromatic nitrogens is 1. The maximum Gasteiger partial charge on any atom is 0.356 e. The molecule has 4 nitrogen and oxygen atoms in total. The number of rotatable bonds is 3. The minimum absolute atomic E-state index is 0.165. The van der Waals surface area contributed by atoms with E-state index >= 15 is 0 Å². The highest BCUT2D eigenvalue weighted by molar-refractivity contribution is 9.10. The van der Waals surface area contributed by atoms with Crippen molar-refractivity contribution >= 4 is 44.4 Å². The minimum Gasteiger partial charge on any atom is -0.493 e. The van der Waals surface area contributed by atoms with Crippen molar-refractivity contribution in [3.05, 3.63) is 33.4 Å². The lowest BCUT2D eigenvalue weighted by molar-refractivity contribution is 0.0594. The van der Waals surface area contributed by atoms with E-state index in [9.17, 15) is 4.79 Å². The third kappa shape index (κ3) is 2.67. The Morgan fingerprint density at radius 3 is 2.84 bits per heavy atom. The van der Waals surface area contributed by atoms with Crippen LogP contribution >= 0.6 is 27.5 Å². The van der Waals surface area contributed by atoms with Gasteiger partial charge in [0.25, 0.3) is 0 Å². The van der Waals surface area contributed by atoms with Crippen LogP contribution in [0.3, 0.4) is 0 Å². The predicted molar refractivity (Wildman–Crippen MR) is 77.0 cm³/mol. The van der Waals surface area contributed by atoms with Crippen LogP contribution < -0.4 is 4.74 Å². The van der Waals surface area contributed by atoms with Crippen molar-refractivity contribution < 1.29 is 14.3 Å². The smallest absolute Gasteiger partial charge is 0.356 e. The molecule has 0 aliphatic heterocycles. The molecule has 0 atom stereocenters. The van der Waals surface area contributed by atoms with Crippen molar-refractivity contribution in [2.24, 2.45) is 0 Å². The fraction of sp³-hybridized carbons (Fsp3) is 0.231. The summed E-state index contributed by atoms with van der Waals surface area (Å²) in [7, 11) is 1.30. The van der Waals surface area contributed by atoms with Crippen molar-refractivity contribution in [3.63, 3.8) is 0 Å². The zero-order valence-corrected chi connectivity index (χ0v) is 12.7. The van der Waals surface area contributed by atoms with E-state index < -0.39 is 5.97 Å². The molecule has 100 valence electrons. The number of pyridine rings is 1. The number of methoxy groups -OCH3 is 1. The Morgan fingerprint density at radius 2 is 2.21 bits per heavy atom. The molecule has 19 heavy (non-hydrogen) atoms. The molecule has 0 aliphatic carbocycles. The summed E-state index contributed by atoms with van der Waals surface area (Å²) in [6, 6.07) is 5.07. The molecule has 6 heteroatoms. The van der Waals surface area contributed by atoms with Gasteiger partial charge in [0.15, 0.2) is 5.69 Å². The Hall–Kier alpha value is -1.33. The Kier molecular flexibility index (Phi) is 4.27. The van der Waals surface area contributed by atoms with Gasteiger partial charge in [0.05, 0.1) is 29.6 Å². The first-order chi connectivity index (χ1) is 9.08. The molecule has 0 saturated carbocycles. The summed E-state index contributed by atoms with van der Waals surface area (Å²) < 4.78 is 11.0. The largest absolute Gasteiger partial charge is 0.493 e. The molecule has 1 heterocycles. The molecule has 2 rings (SSSR count). The molecule has 0 amide bonds. The van der Waals surface area contributed by atoms with Crippen molar-refractivity contribution in [2.75, 3.05) is 13.7 Å². The number of carbonyl (C=O) groups is 1. The number of esters is 1. The molecular weight excluding hydrogens is 334 g/mol. The molecule has 2 aromatic rings. The van der Waals surface area contributed by atoms with Gasteiger partial charge in [0.2, 0.25) is 0 Å². The molecule has 0 bridgehead atoms. The van der Waals surface area contributed by atoms with Crippen LogP contribution in [0.4, 0.5) is 0 Å². The number of hydrogen-bond acceptors (Lipinski definition) is 4. The fourth-order valence-electron chi connectivity index (χ4n) is 1.71. The highest BCUT2D eigenvalue weighted by Gasteiger charge is 2.16. The first-order valence-electron chi connectivity index (χ1n) is 5.58. The van der Waals surface area contributed by atoms with Crippen LogP contribution in [0.2, 0.25) is 5.02 Å². The van der Waals surface area contributed by atoms with E-state index in [2.05, 4.69) is 25.7 Å². The number of nitrogens with zero attached hydrogens (tertiary/aromatic N) is 1. The lowest BCUT2D eigenvalue weighted by atomic mass is 10.2. The molecule has 0 spiro atoms. The first kappa shape index (κ1) is 14.1. The molecule has 1 aromatic heterocycles. The van der Waals surface area contributed by atoms with Gasteiger partial charge in [-0.25, -0.2) is 9.78 Å². The summed E-state index contributed by atoms with van der Waals surface area (Å²) in [6.45, 7) is 2.33. The quantitative estimate of drug-likeness (QED) is 0.794. The van der Waals surface area contributed by atoms with Gasteiger partial charge >= 0.3 is 5.97 Å². The lowest BCUT2D eigenvalue weighted by Crippen LogP contribution is -2.06. The van der Waals surface area contributed by atoms with Crippen LogP contribution in [0.5, 0.6) is 5.75 Å². The predicted octanol–water partition coefficient (Wildman–Crippen LogP) is 3.84. The molecule has 0 radical (unpaired) electrons. The van der Waals surface area contributed by atoms with Crippen molar-refractivity contribution in [1.29, 1.82) is 0 Å². The number of ether oxygens (including phenoxy) is 2. The van der Waals surface area contributed by atoms with Gasteiger partial charge in [0, 0.05) is 10.5 Å². The van der Waals surface area contributed by atoms with E-state index in [4.69, 9.17) is 16.3 Å². The topological polar surface area (TPSA) is 48.4 Å². The zero-order valence-electron chi connectivity index (χ0n) is 10.4. The van der Waals surface area contributed by atoms with Gasteiger partial charge < -0.3 is 9.47 Å². The van der Waals surface area contributed by atoms with Crippen LogP contribution in [-0.4, -0.2) is 24.7 Å². The van der Waals surface area contributed by atoms with E-state index in [1.165, 1.54) is 7.11 Å². The van der Waals surface area contributed by atoms with Crippen LogP contribution in [0, 0.1) is 0 Å². The highest BCUT2D eigenvalue weighted by Crippen LogP contribution is 2.36. The summed E-state index contributed by atoms with van der Waals surface area (Å²) in [5, 5.41) is 1.19. The van der Waals surface area contributed by atoms with E-state index in [1.807, 2.05) is 13.0 Å². The third-order valence-electron chi connectivity index (χ3n) is 2.52. The fourth-order valence-corrected chi connectivity index (χ4v) is 2.43. The summed E-state index contributed by atoms with van der Waals surface area (Å²) in [6.07, 6.45) is 0. The lowest BCUT2D eigenvalue weighted by Gasteiger charge is -2.11. The Labute approximate surface area is 123 Å². The van der Waals surface area contributed by atoms with Gasteiger partial charge in [-0.3, -0.25) is 0 Å². The average Bonchev–Trinajstić information content (AvgIpc) is 2.42. The van der Waals surface area contributed by atoms with E-state index in [0.717, 1.165) is 9.86 Å². The van der Waals surface area contributed by atoms with Gasteiger partial charge in [0.1, 0.15) is 5.75 Å². The molecule has 0 saturated heterocycles. The van der Waals surface area contributed by atoms with E-state index in [-0.39, 0.29) is 5.69 Å². The van der Waals surface area contributed by atoms with E-state index in [1.54, 1.807) is 12.1 Å². The molecular formula is C13H11BrClNO3. The van der Waals surface area contributed by atoms with Crippen molar-refractivity contribution in [2.45, 2.75) is 6.92 Å².